The highest BCUT2D eigenvalue weighted by atomic mass is 15.3. The lowest BCUT2D eigenvalue weighted by atomic mass is 10.2. The van der Waals surface area contributed by atoms with Crippen molar-refractivity contribution < 1.29 is 0 Å². The van der Waals surface area contributed by atoms with E-state index in [1.807, 2.05) is 17.9 Å². The van der Waals surface area contributed by atoms with Gasteiger partial charge in [0.2, 0.25) is 0 Å². The van der Waals surface area contributed by atoms with E-state index in [0.29, 0.717) is 6.04 Å². The predicted molar refractivity (Wildman–Crippen MR) is 52.9 cm³/mol. The smallest absolute Gasteiger partial charge is 0.150 e. The van der Waals surface area contributed by atoms with Gasteiger partial charge in [-0.25, -0.2) is 0 Å². The van der Waals surface area contributed by atoms with Crippen LogP contribution in [0.4, 0.5) is 5.82 Å². The van der Waals surface area contributed by atoms with Gasteiger partial charge in [0.05, 0.1) is 0 Å². The molecule has 1 aliphatic rings. The second-order valence-corrected chi connectivity index (χ2v) is 3.65. The lowest BCUT2D eigenvalue weighted by molar-refractivity contribution is 0.481. The molecule has 2 rings (SSSR count). The van der Waals surface area contributed by atoms with Crippen LogP contribution in [-0.4, -0.2) is 35.5 Å². The van der Waals surface area contributed by atoms with Gasteiger partial charge in [0.25, 0.3) is 0 Å². The zero-order chi connectivity index (χ0) is 9.26. The maximum absolute atomic E-state index is 4.38. The lowest BCUT2D eigenvalue weighted by Crippen LogP contribution is -2.49. The topological polar surface area (TPSA) is 33.1 Å². The van der Waals surface area contributed by atoms with E-state index in [-0.39, 0.29) is 0 Å². The summed E-state index contributed by atoms with van der Waals surface area (Å²) >= 11 is 0. The minimum Gasteiger partial charge on any atom is -0.352 e. The fraction of sp³-hybridized carbons (Fsp3) is 0.667. The predicted octanol–water partition coefficient (Wildman–Crippen LogP) is 0.218. The molecule has 0 saturated carbocycles. The Morgan fingerprint density at radius 3 is 3.08 bits per heavy atom. The zero-order valence-electron chi connectivity index (χ0n) is 8.20. The molecule has 1 unspecified atom stereocenters. The summed E-state index contributed by atoms with van der Waals surface area (Å²) in [6.07, 6.45) is 1.99. The molecule has 1 atom stereocenters. The summed E-state index contributed by atoms with van der Waals surface area (Å²) in [5.74, 6) is 1.09. The number of anilines is 1. The Balaban J connectivity index is 2.08. The second-order valence-electron chi connectivity index (χ2n) is 3.65. The Morgan fingerprint density at radius 1 is 1.62 bits per heavy atom. The standard InChI is InChI=1S/C9H16N4/c1-8-7-13(6-4-10-8)9-3-5-12(2)11-9/h3,5,8,10H,4,6-7H2,1-2H3. The van der Waals surface area contributed by atoms with Gasteiger partial charge in [0.1, 0.15) is 0 Å². The van der Waals surface area contributed by atoms with Crippen molar-refractivity contribution in [2.24, 2.45) is 7.05 Å². The maximum atomic E-state index is 4.38. The van der Waals surface area contributed by atoms with E-state index in [0.717, 1.165) is 25.5 Å². The highest BCUT2D eigenvalue weighted by Gasteiger charge is 2.16. The third-order valence-corrected chi connectivity index (χ3v) is 2.39. The second kappa shape index (κ2) is 3.38. The van der Waals surface area contributed by atoms with Crippen LogP contribution < -0.4 is 10.2 Å². The van der Waals surface area contributed by atoms with Gasteiger partial charge < -0.3 is 10.2 Å². The van der Waals surface area contributed by atoms with Crippen LogP contribution in [0.2, 0.25) is 0 Å². The van der Waals surface area contributed by atoms with Crippen LogP contribution in [0.5, 0.6) is 0 Å². The molecular formula is C9H16N4. The first-order valence-electron chi connectivity index (χ1n) is 4.73. The minimum absolute atomic E-state index is 0.566. The van der Waals surface area contributed by atoms with Crippen molar-refractivity contribution in [1.29, 1.82) is 0 Å². The van der Waals surface area contributed by atoms with Crippen LogP contribution in [0, 0.1) is 0 Å². The number of piperazine rings is 1. The maximum Gasteiger partial charge on any atom is 0.150 e. The first-order valence-corrected chi connectivity index (χ1v) is 4.73. The van der Waals surface area contributed by atoms with Crippen LogP contribution in [0.15, 0.2) is 12.3 Å². The summed E-state index contributed by atoms with van der Waals surface area (Å²) in [6, 6.07) is 2.63. The van der Waals surface area contributed by atoms with Crippen LogP contribution in [0.1, 0.15) is 6.92 Å². The average Bonchev–Trinajstić information content (AvgIpc) is 2.52. The molecular weight excluding hydrogens is 164 g/mol. The molecule has 0 aliphatic carbocycles. The van der Waals surface area contributed by atoms with E-state index in [9.17, 15) is 0 Å². The lowest BCUT2D eigenvalue weighted by Gasteiger charge is -2.31. The molecule has 0 aromatic carbocycles. The van der Waals surface area contributed by atoms with Gasteiger partial charge >= 0.3 is 0 Å². The van der Waals surface area contributed by atoms with Crippen molar-refractivity contribution in [3.8, 4) is 0 Å². The van der Waals surface area contributed by atoms with Crippen molar-refractivity contribution in [2.45, 2.75) is 13.0 Å². The van der Waals surface area contributed by atoms with Crippen molar-refractivity contribution in [1.82, 2.24) is 15.1 Å². The van der Waals surface area contributed by atoms with E-state index in [2.05, 4.69) is 28.3 Å². The highest BCUT2D eigenvalue weighted by Crippen LogP contribution is 2.11. The highest BCUT2D eigenvalue weighted by molar-refractivity contribution is 5.37. The molecule has 1 fully saturated rings. The molecule has 1 aromatic rings. The number of rotatable bonds is 1. The Kier molecular flexibility index (Phi) is 2.22. The fourth-order valence-electron chi connectivity index (χ4n) is 1.71. The number of hydrogen-bond acceptors (Lipinski definition) is 3. The van der Waals surface area contributed by atoms with Gasteiger partial charge in [-0.3, -0.25) is 4.68 Å². The molecule has 0 radical (unpaired) electrons. The monoisotopic (exact) mass is 180 g/mol. The first-order chi connectivity index (χ1) is 6.25. The van der Waals surface area contributed by atoms with Gasteiger partial charge in [-0.15, -0.1) is 0 Å². The Labute approximate surface area is 78.5 Å². The van der Waals surface area contributed by atoms with E-state index in [4.69, 9.17) is 0 Å². The fourth-order valence-corrected chi connectivity index (χ4v) is 1.71. The van der Waals surface area contributed by atoms with Crippen LogP contribution in [-0.2, 0) is 7.05 Å². The normalized spacial score (nSPS) is 23.5. The van der Waals surface area contributed by atoms with Gasteiger partial charge in [0, 0.05) is 45.0 Å². The molecule has 4 heteroatoms. The van der Waals surface area contributed by atoms with Crippen molar-refractivity contribution in [2.75, 3.05) is 24.5 Å². The molecule has 1 aromatic heterocycles. The summed E-state index contributed by atoms with van der Waals surface area (Å²) < 4.78 is 1.85. The third kappa shape index (κ3) is 1.83. The molecule has 0 amide bonds. The molecule has 13 heavy (non-hydrogen) atoms. The summed E-state index contributed by atoms with van der Waals surface area (Å²) in [4.78, 5) is 2.32. The SMILES string of the molecule is CC1CN(c2ccn(C)n2)CCN1. The van der Waals surface area contributed by atoms with Gasteiger partial charge in [-0.05, 0) is 6.92 Å². The average molecular weight is 180 g/mol. The number of aryl methyl sites for hydroxylation is 1. The minimum atomic E-state index is 0.566. The Bertz CT molecular complexity index is 281. The van der Waals surface area contributed by atoms with Crippen molar-refractivity contribution >= 4 is 5.82 Å². The number of hydrogen-bond donors (Lipinski definition) is 1. The Morgan fingerprint density at radius 2 is 2.46 bits per heavy atom. The van der Waals surface area contributed by atoms with Gasteiger partial charge in [-0.1, -0.05) is 0 Å². The van der Waals surface area contributed by atoms with Crippen LogP contribution in [0.25, 0.3) is 0 Å². The first kappa shape index (κ1) is 8.56. The van der Waals surface area contributed by atoms with E-state index in [1.165, 1.54) is 0 Å². The molecule has 1 saturated heterocycles. The summed E-state index contributed by atoms with van der Waals surface area (Å²) in [5, 5.41) is 7.80. The molecule has 4 nitrogen and oxygen atoms in total. The van der Waals surface area contributed by atoms with Gasteiger partial charge in [-0.2, -0.15) is 5.10 Å². The number of aromatic nitrogens is 2. The molecule has 2 heterocycles. The van der Waals surface area contributed by atoms with Crippen molar-refractivity contribution in [3.63, 3.8) is 0 Å². The van der Waals surface area contributed by atoms with Gasteiger partial charge in [0.15, 0.2) is 5.82 Å². The largest absolute Gasteiger partial charge is 0.352 e. The quantitative estimate of drug-likeness (QED) is 0.671. The molecule has 1 aliphatic heterocycles. The number of nitrogens with zero attached hydrogens (tertiary/aromatic N) is 3. The molecule has 1 N–H and O–H groups in total. The summed E-state index contributed by atoms with van der Waals surface area (Å²) in [5.41, 5.74) is 0. The van der Waals surface area contributed by atoms with E-state index < -0.39 is 0 Å². The molecule has 72 valence electrons. The van der Waals surface area contributed by atoms with E-state index in [1.54, 1.807) is 0 Å². The zero-order valence-corrected chi connectivity index (χ0v) is 8.20. The van der Waals surface area contributed by atoms with Crippen LogP contribution in [0.3, 0.4) is 0 Å². The summed E-state index contributed by atoms with van der Waals surface area (Å²) in [7, 11) is 1.95. The molecule has 0 bridgehead atoms. The van der Waals surface area contributed by atoms with E-state index >= 15 is 0 Å². The van der Waals surface area contributed by atoms with Crippen molar-refractivity contribution in [3.05, 3.63) is 12.3 Å². The third-order valence-electron chi connectivity index (χ3n) is 2.39. The Hall–Kier alpha value is -1.03. The molecule has 0 spiro atoms. The summed E-state index contributed by atoms with van der Waals surface area (Å²) in [6.45, 7) is 5.37. The van der Waals surface area contributed by atoms with Crippen LogP contribution >= 0.6 is 0 Å². The number of nitrogens with one attached hydrogen (secondary N) is 1.